The van der Waals surface area contributed by atoms with Crippen LogP contribution in [-0.4, -0.2) is 21.4 Å². The SMILES string of the molecule is CC(C)=CCSc1c(/C=C2/C(=O)N(c3ccccc3)c3ccccc32)c(C)nn1-c1ccccc1. The van der Waals surface area contributed by atoms with Crippen LogP contribution < -0.4 is 4.90 Å². The summed E-state index contributed by atoms with van der Waals surface area (Å²) in [6, 6.07) is 28.0. The van der Waals surface area contributed by atoms with Crippen LogP contribution in [0.4, 0.5) is 11.4 Å². The maximum absolute atomic E-state index is 13.8. The molecule has 0 radical (unpaired) electrons. The van der Waals surface area contributed by atoms with E-state index >= 15 is 0 Å². The average molecular weight is 478 g/mol. The third-order valence-corrected chi connectivity index (χ3v) is 6.95. The molecule has 35 heavy (non-hydrogen) atoms. The summed E-state index contributed by atoms with van der Waals surface area (Å²) in [7, 11) is 0. The molecule has 0 spiro atoms. The molecular weight excluding hydrogens is 450 g/mol. The van der Waals surface area contributed by atoms with E-state index in [9.17, 15) is 4.79 Å². The lowest BCUT2D eigenvalue weighted by Crippen LogP contribution is -2.20. The molecule has 0 fully saturated rings. The fraction of sp³-hybridized carbons (Fsp3) is 0.133. The number of amides is 1. The molecule has 5 heteroatoms. The molecule has 0 bridgehead atoms. The zero-order chi connectivity index (χ0) is 24.4. The van der Waals surface area contributed by atoms with E-state index < -0.39 is 0 Å². The number of aryl methyl sites for hydroxylation is 1. The van der Waals surface area contributed by atoms with Gasteiger partial charge in [0.05, 0.1) is 22.6 Å². The number of thioether (sulfide) groups is 1. The molecule has 0 N–H and O–H groups in total. The molecule has 0 atom stereocenters. The lowest BCUT2D eigenvalue weighted by molar-refractivity contribution is -0.112. The highest BCUT2D eigenvalue weighted by molar-refractivity contribution is 7.99. The molecule has 1 amide bonds. The van der Waals surface area contributed by atoms with Crippen molar-refractivity contribution in [3.05, 3.63) is 113 Å². The van der Waals surface area contributed by atoms with Crippen molar-refractivity contribution in [2.75, 3.05) is 10.7 Å². The topological polar surface area (TPSA) is 38.1 Å². The van der Waals surface area contributed by atoms with Gasteiger partial charge in [0.25, 0.3) is 5.91 Å². The van der Waals surface area contributed by atoms with Crippen molar-refractivity contribution in [3.8, 4) is 5.69 Å². The van der Waals surface area contributed by atoms with E-state index in [1.54, 1.807) is 16.7 Å². The Kier molecular flexibility index (Phi) is 6.43. The van der Waals surface area contributed by atoms with Gasteiger partial charge >= 0.3 is 0 Å². The zero-order valence-electron chi connectivity index (χ0n) is 20.1. The first-order valence-corrected chi connectivity index (χ1v) is 12.6. The fourth-order valence-corrected chi connectivity index (χ4v) is 5.42. The van der Waals surface area contributed by atoms with Gasteiger partial charge in [-0.15, -0.1) is 11.8 Å². The molecule has 0 aliphatic carbocycles. The Labute approximate surface area is 210 Å². The summed E-state index contributed by atoms with van der Waals surface area (Å²) < 4.78 is 1.99. The Morgan fingerprint density at radius 1 is 0.886 bits per heavy atom. The Morgan fingerprint density at radius 2 is 1.51 bits per heavy atom. The maximum atomic E-state index is 13.8. The summed E-state index contributed by atoms with van der Waals surface area (Å²) in [5.74, 6) is 0.807. The number of carbonyl (C=O) groups excluding carboxylic acids is 1. The minimum absolute atomic E-state index is 0.0236. The van der Waals surface area contributed by atoms with Crippen LogP contribution in [0.5, 0.6) is 0 Å². The van der Waals surface area contributed by atoms with Gasteiger partial charge < -0.3 is 0 Å². The van der Waals surface area contributed by atoms with Crippen molar-refractivity contribution in [1.29, 1.82) is 0 Å². The highest BCUT2D eigenvalue weighted by Crippen LogP contribution is 2.43. The number of anilines is 2. The molecule has 0 saturated heterocycles. The van der Waals surface area contributed by atoms with E-state index in [1.165, 1.54) is 5.57 Å². The Hall–Kier alpha value is -3.83. The molecule has 1 aliphatic heterocycles. The number of hydrogen-bond donors (Lipinski definition) is 0. The van der Waals surface area contributed by atoms with Gasteiger partial charge in [-0.3, -0.25) is 9.69 Å². The van der Waals surface area contributed by atoms with Crippen LogP contribution in [0.2, 0.25) is 0 Å². The monoisotopic (exact) mass is 477 g/mol. The van der Waals surface area contributed by atoms with Gasteiger partial charge in [0, 0.05) is 22.6 Å². The lowest BCUT2D eigenvalue weighted by Gasteiger charge is -2.16. The van der Waals surface area contributed by atoms with Gasteiger partial charge in [0.2, 0.25) is 0 Å². The van der Waals surface area contributed by atoms with E-state index in [-0.39, 0.29) is 5.91 Å². The molecule has 4 nitrogen and oxygen atoms in total. The zero-order valence-corrected chi connectivity index (χ0v) is 20.9. The van der Waals surface area contributed by atoms with Crippen LogP contribution in [0.15, 0.2) is 102 Å². The predicted octanol–water partition coefficient (Wildman–Crippen LogP) is 7.46. The first kappa shape index (κ1) is 22.9. The van der Waals surface area contributed by atoms with E-state index in [1.807, 2.05) is 90.5 Å². The highest BCUT2D eigenvalue weighted by Gasteiger charge is 2.33. The van der Waals surface area contributed by atoms with Gasteiger partial charge in [-0.25, -0.2) is 4.68 Å². The summed E-state index contributed by atoms with van der Waals surface area (Å²) in [5.41, 5.74) is 7.54. The van der Waals surface area contributed by atoms with Crippen molar-refractivity contribution in [2.45, 2.75) is 25.8 Å². The summed E-state index contributed by atoms with van der Waals surface area (Å²) in [6.07, 6.45) is 4.24. The normalized spacial score (nSPS) is 13.9. The summed E-state index contributed by atoms with van der Waals surface area (Å²) >= 11 is 1.74. The smallest absolute Gasteiger partial charge is 0.263 e. The number of hydrogen-bond acceptors (Lipinski definition) is 3. The van der Waals surface area contributed by atoms with Crippen LogP contribution in [0, 0.1) is 6.92 Å². The van der Waals surface area contributed by atoms with E-state index in [0.29, 0.717) is 5.57 Å². The molecule has 0 saturated carbocycles. The number of rotatable bonds is 6. The number of para-hydroxylation sites is 3. The third kappa shape index (κ3) is 4.47. The van der Waals surface area contributed by atoms with Crippen LogP contribution in [-0.2, 0) is 4.79 Å². The van der Waals surface area contributed by atoms with Crippen molar-refractivity contribution >= 4 is 40.7 Å². The second-order valence-electron chi connectivity index (χ2n) is 8.70. The number of carbonyl (C=O) groups is 1. The summed E-state index contributed by atoms with van der Waals surface area (Å²) in [6.45, 7) is 6.22. The van der Waals surface area contributed by atoms with Crippen molar-refractivity contribution in [1.82, 2.24) is 9.78 Å². The standard InChI is InChI=1S/C30H27N3OS/c1-21(2)18-19-35-30-26(22(3)31-33(30)24-14-8-5-9-15-24)20-27-25-16-10-11-17-28(25)32(29(27)34)23-12-6-4-7-13-23/h4-18,20H,19H2,1-3H3/b27-20+. The van der Waals surface area contributed by atoms with E-state index in [2.05, 4.69) is 32.1 Å². The number of allylic oxidation sites excluding steroid dienone is 1. The molecule has 4 aromatic rings. The van der Waals surface area contributed by atoms with Gasteiger partial charge in [-0.1, -0.05) is 66.2 Å². The van der Waals surface area contributed by atoms with E-state index in [4.69, 9.17) is 5.10 Å². The van der Waals surface area contributed by atoms with Crippen LogP contribution in [0.25, 0.3) is 17.3 Å². The molecule has 2 heterocycles. The number of aromatic nitrogens is 2. The third-order valence-electron chi connectivity index (χ3n) is 5.95. The first-order chi connectivity index (χ1) is 17.0. The molecule has 3 aromatic carbocycles. The number of benzene rings is 3. The Balaban J connectivity index is 1.65. The predicted molar refractivity (Wildman–Crippen MR) is 146 cm³/mol. The van der Waals surface area contributed by atoms with Crippen molar-refractivity contribution in [3.63, 3.8) is 0 Å². The van der Waals surface area contributed by atoms with E-state index in [0.717, 1.165) is 44.7 Å². The van der Waals surface area contributed by atoms with Gasteiger partial charge in [0.1, 0.15) is 5.03 Å². The van der Waals surface area contributed by atoms with Crippen LogP contribution in [0.1, 0.15) is 30.7 Å². The minimum atomic E-state index is -0.0236. The average Bonchev–Trinajstić information content (AvgIpc) is 3.34. The van der Waals surface area contributed by atoms with Gasteiger partial charge in [-0.2, -0.15) is 5.10 Å². The summed E-state index contributed by atoms with van der Waals surface area (Å²) in [5, 5.41) is 5.91. The maximum Gasteiger partial charge on any atom is 0.263 e. The second-order valence-corrected chi connectivity index (χ2v) is 9.70. The molecule has 1 aromatic heterocycles. The number of fused-ring (bicyclic) bond motifs is 1. The Morgan fingerprint density at radius 3 is 2.20 bits per heavy atom. The second kappa shape index (κ2) is 9.80. The fourth-order valence-electron chi connectivity index (χ4n) is 4.21. The quantitative estimate of drug-likeness (QED) is 0.164. The lowest BCUT2D eigenvalue weighted by atomic mass is 10.0. The largest absolute Gasteiger partial charge is 0.276 e. The molecule has 174 valence electrons. The van der Waals surface area contributed by atoms with Crippen molar-refractivity contribution < 1.29 is 4.79 Å². The van der Waals surface area contributed by atoms with Gasteiger partial charge in [0.15, 0.2) is 0 Å². The summed E-state index contributed by atoms with van der Waals surface area (Å²) in [4.78, 5) is 15.6. The van der Waals surface area contributed by atoms with Crippen LogP contribution in [0.3, 0.4) is 0 Å². The van der Waals surface area contributed by atoms with Crippen LogP contribution >= 0.6 is 11.8 Å². The number of nitrogens with zero attached hydrogens (tertiary/aromatic N) is 3. The highest BCUT2D eigenvalue weighted by atomic mass is 32.2. The van der Waals surface area contributed by atoms with Gasteiger partial charge in [-0.05, 0) is 57.2 Å². The minimum Gasteiger partial charge on any atom is -0.276 e. The molecule has 1 aliphatic rings. The van der Waals surface area contributed by atoms with Crippen molar-refractivity contribution in [2.24, 2.45) is 0 Å². The first-order valence-electron chi connectivity index (χ1n) is 11.7. The molecular formula is C30H27N3OS. The molecule has 0 unspecified atom stereocenters. The molecule has 5 rings (SSSR count). The Bertz CT molecular complexity index is 1430.